The fourth-order valence-corrected chi connectivity index (χ4v) is 4.74. The van der Waals surface area contributed by atoms with Crippen LogP contribution in [0.1, 0.15) is 48.3 Å². The fraction of sp³-hybridized carbons (Fsp3) is 0.462. The zero-order valence-electron chi connectivity index (χ0n) is 20.4. The van der Waals surface area contributed by atoms with Gasteiger partial charge < -0.3 is 19.9 Å². The van der Waals surface area contributed by atoms with Crippen LogP contribution in [-0.2, 0) is 4.79 Å². The lowest BCUT2D eigenvalue weighted by Crippen LogP contribution is -2.40. The Bertz CT molecular complexity index is 1320. The Morgan fingerprint density at radius 1 is 1.23 bits per heavy atom. The molecule has 3 aromatic rings. The minimum Gasteiger partial charge on any atom is -0.492 e. The van der Waals surface area contributed by atoms with Crippen LogP contribution in [-0.4, -0.2) is 57.4 Å². The van der Waals surface area contributed by atoms with Gasteiger partial charge in [0.25, 0.3) is 5.91 Å². The molecule has 2 atom stereocenters. The van der Waals surface area contributed by atoms with Crippen LogP contribution in [0.15, 0.2) is 18.5 Å². The van der Waals surface area contributed by atoms with Gasteiger partial charge in [0.2, 0.25) is 5.91 Å². The van der Waals surface area contributed by atoms with E-state index < -0.39 is 5.82 Å². The van der Waals surface area contributed by atoms with Gasteiger partial charge in [-0.25, -0.2) is 14.4 Å². The molecule has 8 nitrogen and oxygen atoms in total. The molecule has 0 bridgehead atoms. The van der Waals surface area contributed by atoms with Crippen molar-refractivity contribution in [2.75, 3.05) is 19.7 Å². The Morgan fingerprint density at radius 2 is 2.00 bits per heavy atom. The molecule has 0 spiro atoms. The van der Waals surface area contributed by atoms with Crippen LogP contribution in [0.4, 0.5) is 4.39 Å². The van der Waals surface area contributed by atoms with Crippen molar-refractivity contribution in [3.05, 3.63) is 41.1 Å². The number of hydrogen-bond acceptors (Lipinski definition) is 5. The zero-order valence-corrected chi connectivity index (χ0v) is 20.4. The predicted molar refractivity (Wildman–Crippen MR) is 130 cm³/mol. The molecule has 3 heterocycles. The fourth-order valence-electron chi connectivity index (χ4n) is 4.74. The maximum Gasteiger partial charge on any atom is 0.255 e. The molecule has 1 saturated heterocycles. The summed E-state index contributed by atoms with van der Waals surface area (Å²) in [7, 11) is 0. The molecule has 1 aliphatic carbocycles. The van der Waals surface area contributed by atoms with Gasteiger partial charge in [0, 0.05) is 25.7 Å². The second kappa shape index (κ2) is 8.94. The van der Waals surface area contributed by atoms with E-state index in [9.17, 15) is 9.59 Å². The van der Waals surface area contributed by atoms with Gasteiger partial charge in [0.15, 0.2) is 0 Å². The first-order chi connectivity index (χ1) is 16.7. The van der Waals surface area contributed by atoms with Gasteiger partial charge in [0.05, 0.1) is 29.3 Å². The quantitative estimate of drug-likeness (QED) is 0.561. The molecule has 2 amide bonds. The normalized spacial score (nSPS) is 19.9. The summed E-state index contributed by atoms with van der Waals surface area (Å²) in [6, 6.07) is 3.31. The van der Waals surface area contributed by atoms with Gasteiger partial charge in [-0.15, -0.1) is 0 Å². The Morgan fingerprint density at radius 3 is 2.69 bits per heavy atom. The number of H-pyrrole nitrogens is 1. The first kappa shape index (κ1) is 23.3. The summed E-state index contributed by atoms with van der Waals surface area (Å²) in [6.45, 7) is 8.66. The molecule has 1 saturated carbocycles. The third-order valence-electron chi connectivity index (χ3n) is 7.08. The minimum absolute atomic E-state index is 0.00542. The van der Waals surface area contributed by atoms with Crippen LogP contribution in [0, 0.1) is 31.5 Å². The topological polar surface area (TPSA) is 100 Å². The molecule has 1 aliphatic heterocycles. The largest absolute Gasteiger partial charge is 0.492 e. The Hall–Kier alpha value is -3.49. The highest BCUT2D eigenvalue weighted by molar-refractivity contribution is 6.09. The Labute approximate surface area is 203 Å². The van der Waals surface area contributed by atoms with Gasteiger partial charge in [-0.05, 0) is 50.2 Å². The average molecular weight is 480 g/mol. The van der Waals surface area contributed by atoms with E-state index >= 15 is 4.39 Å². The molecule has 0 unspecified atom stereocenters. The van der Waals surface area contributed by atoms with Crippen molar-refractivity contribution in [1.82, 2.24) is 25.2 Å². The standard InChI is InChI=1S/C26H30FN5O3/c1-13-5-8-19(35-11-17-6-7-17)21(22(13)27)24-25-23(28-12-29-24)20(15(3)30-25)26(34)31-18-10-32(16(4)33)9-14(18)2/h5,8,12,14,17-18,30H,6-7,9-11H2,1-4H3,(H,31,34)/t14-,18-/m1/s1. The van der Waals surface area contributed by atoms with E-state index in [2.05, 4.69) is 20.3 Å². The molecule has 2 N–H and O–H groups in total. The van der Waals surface area contributed by atoms with E-state index in [4.69, 9.17) is 4.74 Å². The average Bonchev–Trinajstić information content (AvgIpc) is 3.48. The number of fused-ring (bicyclic) bond motifs is 1. The maximum atomic E-state index is 15.4. The van der Waals surface area contributed by atoms with Crippen LogP contribution in [0.5, 0.6) is 5.75 Å². The van der Waals surface area contributed by atoms with Crippen molar-refractivity contribution in [1.29, 1.82) is 0 Å². The Balaban J connectivity index is 1.51. The number of likely N-dealkylation sites (tertiary alicyclic amines) is 1. The van der Waals surface area contributed by atoms with Crippen molar-refractivity contribution in [3.63, 3.8) is 0 Å². The number of amides is 2. The molecule has 2 fully saturated rings. The van der Waals surface area contributed by atoms with Crippen LogP contribution in [0.3, 0.4) is 0 Å². The number of carbonyl (C=O) groups excluding carboxylic acids is 2. The van der Waals surface area contributed by atoms with Gasteiger partial charge in [0.1, 0.15) is 29.1 Å². The number of carbonyl (C=O) groups is 2. The van der Waals surface area contributed by atoms with Crippen LogP contribution in [0.2, 0.25) is 0 Å². The van der Waals surface area contributed by atoms with Crippen molar-refractivity contribution < 1.29 is 18.7 Å². The number of aromatic nitrogens is 3. The second-order valence-electron chi connectivity index (χ2n) is 9.88. The third kappa shape index (κ3) is 4.35. The van der Waals surface area contributed by atoms with Crippen LogP contribution >= 0.6 is 0 Å². The highest BCUT2D eigenvalue weighted by Crippen LogP contribution is 2.39. The number of halogens is 1. The number of nitrogens with zero attached hydrogens (tertiary/aromatic N) is 3. The summed E-state index contributed by atoms with van der Waals surface area (Å²) in [5.74, 6) is 0.386. The molecule has 2 aromatic heterocycles. The molecular weight excluding hydrogens is 449 g/mol. The molecule has 184 valence electrons. The SMILES string of the molecule is CC(=O)N1C[C@@H](C)[C@H](NC(=O)c2c(C)[nH]c3c(-c4c(OCC5CC5)ccc(C)c4F)ncnc23)C1. The highest BCUT2D eigenvalue weighted by atomic mass is 19.1. The van der Waals surface area contributed by atoms with Crippen molar-refractivity contribution in [3.8, 4) is 17.0 Å². The lowest BCUT2D eigenvalue weighted by molar-refractivity contribution is -0.127. The predicted octanol–water partition coefficient (Wildman–Crippen LogP) is 3.77. The molecule has 1 aromatic carbocycles. The summed E-state index contributed by atoms with van der Waals surface area (Å²) >= 11 is 0. The van der Waals surface area contributed by atoms with Crippen molar-refractivity contribution in [2.45, 2.75) is 46.6 Å². The highest BCUT2D eigenvalue weighted by Gasteiger charge is 2.33. The number of nitrogens with one attached hydrogen (secondary N) is 2. The van der Waals surface area contributed by atoms with E-state index in [1.54, 1.807) is 30.9 Å². The summed E-state index contributed by atoms with van der Waals surface area (Å²) in [6.07, 6.45) is 3.60. The first-order valence-electron chi connectivity index (χ1n) is 12.1. The summed E-state index contributed by atoms with van der Waals surface area (Å²) in [5, 5.41) is 3.07. The number of aromatic amines is 1. The van der Waals surface area contributed by atoms with Gasteiger partial charge >= 0.3 is 0 Å². The van der Waals surface area contributed by atoms with E-state index in [0.717, 1.165) is 12.8 Å². The lowest BCUT2D eigenvalue weighted by atomic mass is 10.0. The lowest BCUT2D eigenvalue weighted by Gasteiger charge is -2.16. The van der Waals surface area contributed by atoms with Crippen molar-refractivity contribution >= 4 is 22.8 Å². The minimum atomic E-state index is -0.402. The monoisotopic (exact) mass is 479 g/mol. The number of rotatable bonds is 6. The molecular formula is C26H30FN5O3. The number of ether oxygens (including phenoxy) is 1. The number of benzene rings is 1. The summed E-state index contributed by atoms with van der Waals surface area (Å²) in [4.78, 5) is 38.9. The number of hydrogen-bond donors (Lipinski definition) is 2. The smallest absolute Gasteiger partial charge is 0.255 e. The maximum absolute atomic E-state index is 15.4. The zero-order chi connectivity index (χ0) is 24.9. The van der Waals surface area contributed by atoms with Crippen molar-refractivity contribution in [2.24, 2.45) is 11.8 Å². The van der Waals surface area contributed by atoms with Crippen LogP contribution in [0.25, 0.3) is 22.3 Å². The van der Waals surface area contributed by atoms with Gasteiger partial charge in [-0.3, -0.25) is 9.59 Å². The number of aryl methyl sites for hydroxylation is 2. The molecule has 2 aliphatic rings. The van der Waals surface area contributed by atoms with Gasteiger partial charge in [-0.2, -0.15) is 0 Å². The molecule has 9 heteroatoms. The van der Waals surface area contributed by atoms with E-state index in [0.29, 0.717) is 64.9 Å². The van der Waals surface area contributed by atoms with E-state index in [-0.39, 0.29) is 29.3 Å². The van der Waals surface area contributed by atoms with E-state index in [1.807, 2.05) is 6.92 Å². The van der Waals surface area contributed by atoms with Gasteiger partial charge in [-0.1, -0.05) is 13.0 Å². The molecule has 35 heavy (non-hydrogen) atoms. The summed E-state index contributed by atoms with van der Waals surface area (Å²) in [5.41, 5.74) is 3.03. The first-order valence-corrected chi connectivity index (χ1v) is 12.1. The Kier molecular flexibility index (Phi) is 5.94. The second-order valence-corrected chi connectivity index (χ2v) is 9.88. The van der Waals surface area contributed by atoms with E-state index in [1.165, 1.54) is 13.3 Å². The third-order valence-corrected chi connectivity index (χ3v) is 7.08. The van der Waals surface area contributed by atoms with Crippen LogP contribution < -0.4 is 10.1 Å². The molecule has 0 radical (unpaired) electrons. The molecule has 5 rings (SSSR count). The summed E-state index contributed by atoms with van der Waals surface area (Å²) < 4.78 is 21.4.